The summed E-state index contributed by atoms with van der Waals surface area (Å²) in [5.74, 6) is -0.989. The number of carbonyl (C=O) groups excluding carboxylic acids is 5. The molecule has 6 rings (SSSR count). The highest BCUT2D eigenvalue weighted by Crippen LogP contribution is 2.29. The summed E-state index contributed by atoms with van der Waals surface area (Å²) in [6.45, 7) is 13.2. The quantitative estimate of drug-likeness (QED) is 0.0183. The molecule has 3 unspecified atom stereocenters. The molecule has 75 heavy (non-hydrogen) atoms. The molecule has 5 aromatic rings. The van der Waals surface area contributed by atoms with Gasteiger partial charge in [-0.2, -0.15) is 0 Å². The number of urea groups is 1. The lowest BCUT2D eigenvalue weighted by Crippen LogP contribution is -2.57. The van der Waals surface area contributed by atoms with Crippen LogP contribution in [0, 0.1) is 12.3 Å². The monoisotopic (exact) mass is 1050 g/mol. The first-order valence-electron chi connectivity index (χ1n) is 25.5. The first-order chi connectivity index (χ1) is 36.1. The molecule has 1 aliphatic rings. The smallest absolute Gasteiger partial charge is 0.322 e. The summed E-state index contributed by atoms with van der Waals surface area (Å²) in [5.41, 5.74) is 8.27. The van der Waals surface area contributed by atoms with Crippen LogP contribution in [0.1, 0.15) is 99.1 Å². The lowest BCUT2D eigenvalue weighted by atomic mass is 9.85. The Morgan fingerprint density at radius 1 is 0.893 bits per heavy atom. The maximum absolute atomic E-state index is 14.0. The average molecular weight is 1050 g/mol. The minimum absolute atomic E-state index is 0.00338. The van der Waals surface area contributed by atoms with Crippen LogP contribution in [0.5, 0.6) is 5.75 Å². The number of amides is 6. The number of β-amino-alcohol motifs (C(OH)–C–C–N with tert-alkyl or cyclic N) is 1. The molecular weight excluding hydrogens is 981 g/mol. The summed E-state index contributed by atoms with van der Waals surface area (Å²) in [5, 5.41) is 36.7. The molecule has 6 N–H and O–H groups in total. The van der Waals surface area contributed by atoms with E-state index in [0.717, 1.165) is 45.8 Å². The molecule has 21 heteroatoms. The van der Waals surface area contributed by atoms with Gasteiger partial charge < -0.3 is 45.1 Å². The maximum Gasteiger partial charge on any atom is 0.322 e. The largest absolute Gasteiger partial charge is 0.491 e. The highest BCUT2D eigenvalue weighted by Gasteiger charge is 2.44. The van der Waals surface area contributed by atoms with E-state index in [1.807, 2.05) is 63.7 Å². The van der Waals surface area contributed by atoms with Gasteiger partial charge >= 0.3 is 6.03 Å². The van der Waals surface area contributed by atoms with Gasteiger partial charge in [0, 0.05) is 56.5 Å². The Morgan fingerprint density at radius 3 is 2.28 bits per heavy atom. The van der Waals surface area contributed by atoms with E-state index < -0.39 is 35.4 Å². The molecule has 3 atom stereocenters. The average Bonchev–Trinajstić information content (AvgIpc) is 4.16. The summed E-state index contributed by atoms with van der Waals surface area (Å²) >= 11 is 1.57. The molecule has 0 spiro atoms. The van der Waals surface area contributed by atoms with E-state index in [4.69, 9.17) is 19.4 Å². The number of aliphatic hydroxyl groups is 1. The van der Waals surface area contributed by atoms with Crippen molar-refractivity contribution in [3.05, 3.63) is 113 Å². The Bertz CT molecular complexity index is 2600. The number of hydrogen-bond donors (Lipinski definition) is 6. The van der Waals surface area contributed by atoms with Crippen molar-refractivity contribution < 1.29 is 48.5 Å². The van der Waals surface area contributed by atoms with Crippen molar-refractivity contribution in [3.63, 3.8) is 0 Å². The van der Waals surface area contributed by atoms with Crippen molar-refractivity contribution in [1.29, 1.82) is 0 Å². The number of hydrogen-bond acceptors (Lipinski definition) is 14. The number of thiazole rings is 1. The van der Waals surface area contributed by atoms with Crippen molar-refractivity contribution in [1.82, 2.24) is 45.9 Å². The Kier molecular flexibility index (Phi) is 22.1. The predicted octanol–water partition coefficient (Wildman–Crippen LogP) is 6.30. The van der Waals surface area contributed by atoms with Gasteiger partial charge in [0.05, 0.1) is 60.9 Å². The van der Waals surface area contributed by atoms with Crippen LogP contribution in [0.2, 0.25) is 0 Å². The Morgan fingerprint density at radius 2 is 1.60 bits per heavy atom. The SMILES string of the molecule is CCCCN(Cc1ccc(C(=O)NO)cc1)C(=O)Nc1ccc(OCCOCCOCCn2cc(CCCCC(=O)NC(C(=O)N3CC(O)CC3C(=O)NCc3ccc(-c4scnc4C)cc3)C(C)(C)C)nn2)cc1. The van der Waals surface area contributed by atoms with E-state index in [9.17, 15) is 29.1 Å². The molecule has 3 aromatic carbocycles. The van der Waals surface area contributed by atoms with Crippen molar-refractivity contribution in [2.45, 2.75) is 117 Å². The molecule has 0 radical (unpaired) electrons. The van der Waals surface area contributed by atoms with E-state index in [0.29, 0.717) is 88.9 Å². The second-order valence-electron chi connectivity index (χ2n) is 19.6. The second-order valence-corrected chi connectivity index (χ2v) is 20.4. The number of nitrogens with one attached hydrogen (secondary N) is 4. The number of nitrogens with zero attached hydrogens (tertiary/aromatic N) is 6. The number of unbranched alkanes of at least 4 members (excludes halogenated alkanes) is 2. The van der Waals surface area contributed by atoms with Crippen LogP contribution in [0.25, 0.3) is 10.4 Å². The van der Waals surface area contributed by atoms with Gasteiger partial charge in [-0.15, -0.1) is 16.4 Å². The number of hydroxylamine groups is 1. The van der Waals surface area contributed by atoms with Crippen molar-refractivity contribution >= 4 is 46.7 Å². The molecule has 404 valence electrons. The number of aliphatic hydroxyl groups excluding tert-OH is 1. The van der Waals surface area contributed by atoms with Crippen LogP contribution in [0.4, 0.5) is 10.5 Å². The van der Waals surface area contributed by atoms with Crippen LogP contribution >= 0.6 is 11.3 Å². The third-order valence-corrected chi connectivity index (χ3v) is 13.6. The highest BCUT2D eigenvalue weighted by molar-refractivity contribution is 7.13. The number of aromatic nitrogens is 4. The van der Waals surface area contributed by atoms with Gasteiger partial charge in [-0.05, 0) is 91.1 Å². The molecule has 1 saturated heterocycles. The highest BCUT2D eigenvalue weighted by atomic mass is 32.1. The number of likely N-dealkylation sites (tertiary alicyclic amines) is 1. The Labute approximate surface area is 442 Å². The van der Waals surface area contributed by atoms with E-state index in [2.05, 4.69) is 38.2 Å². The molecule has 1 aliphatic heterocycles. The minimum Gasteiger partial charge on any atom is -0.491 e. The van der Waals surface area contributed by atoms with Crippen LogP contribution in [-0.2, 0) is 49.9 Å². The van der Waals surface area contributed by atoms with E-state index >= 15 is 0 Å². The molecule has 1 fully saturated rings. The lowest BCUT2D eigenvalue weighted by Gasteiger charge is -2.35. The molecule has 0 bridgehead atoms. The van der Waals surface area contributed by atoms with Gasteiger partial charge in [0.1, 0.15) is 24.4 Å². The zero-order chi connectivity index (χ0) is 53.7. The third kappa shape index (κ3) is 17.9. The molecule has 20 nitrogen and oxygen atoms in total. The normalized spacial score (nSPS) is 14.8. The van der Waals surface area contributed by atoms with Crippen molar-refractivity contribution in [2.75, 3.05) is 51.4 Å². The van der Waals surface area contributed by atoms with Crippen LogP contribution < -0.4 is 26.2 Å². The topological polar surface area (TPSA) is 252 Å². The Balaban J connectivity index is 0.815. The number of aryl methyl sites for hydroxylation is 2. The van der Waals surface area contributed by atoms with Crippen LogP contribution in [0.15, 0.2) is 84.5 Å². The first-order valence-corrected chi connectivity index (χ1v) is 26.4. The summed E-state index contributed by atoms with van der Waals surface area (Å²) in [6, 6.07) is 19.7. The maximum atomic E-state index is 14.0. The molecule has 0 aliphatic carbocycles. The molecular formula is C54H72N10O10S. The zero-order valence-electron chi connectivity index (χ0n) is 43.6. The molecule has 2 aromatic heterocycles. The summed E-state index contributed by atoms with van der Waals surface area (Å²) in [7, 11) is 0. The summed E-state index contributed by atoms with van der Waals surface area (Å²) in [4.78, 5) is 74.1. The fraction of sp³-hybridized carbons (Fsp3) is 0.481. The van der Waals surface area contributed by atoms with Gasteiger partial charge in [0.15, 0.2) is 0 Å². The fourth-order valence-electron chi connectivity index (χ4n) is 8.35. The number of benzene rings is 3. The summed E-state index contributed by atoms with van der Waals surface area (Å²) in [6.07, 6.45) is 4.94. The molecule has 6 amide bonds. The van der Waals surface area contributed by atoms with Crippen molar-refractivity contribution in [2.24, 2.45) is 5.41 Å². The van der Waals surface area contributed by atoms with Gasteiger partial charge in [0.2, 0.25) is 17.7 Å². The fourth-order valence-corrected chi connectivity index (χ4v) is 9.16. The number of anilines is 1. The van der Waals surface area contributed by atoms with Gasteiger partial charge in [0.25, 0.3) is 5.91 Å². The van der Waals surface area contributed by atoms with E-state index in [1.165, 1.54) is 4.90 Å². The summed E-state index contributed by atoms with van der Waals surface area (Å²) < 4.78 is 18.9. The standard InChI is InChI=1S/C54H72N10O10S/c1-6-7-24-62(33-39-14-18-41(19-15-39)50(67)60-71)53(70)57-42-20-22-45(23-21-42)74-30-29-73-28-27-72-26-25-63-34-43(59-61-63)10-8-9-11-47(66)58-49(54(3,4)5)52(69)64-35-44(65)31-46(64)51(68)55-32-38-12-16-40(17-13-38)48-37(2)56-36-75-48/h12-23,34,36,44,46,49,65,71H,6-11,24-33,35H2,1-5H3,(H,55,68)(H,57,70)(H,58,66)(H,60,67). The predicted molar refractivity (Wildman–Crippen MR) is 283 cm³/mol. The number of carbonyl (C=O) groups is 5. The Hall–Kier alpha value is -6.78. The second kappa shape index (κ2) is 28.8. The van der Waals surface area contributed by atoms with Gasteiger partial charge in [-0.1, -0.05) is 75.7 Å². The number of rotatable bonds is 28. The van der Waals surface area contributed by atoms with E-state index in [-0.39, 0.29) is 43.8 Å². The minimum atomic E-state index is -0.902. The van der Waals surface area contributed by atoms with Gasteiger partial charge in [-0.25, -0.2) is 19.9 Å². The lowest BCUT2D eigenvalue weighted by molar-refractivity contribution is -0.144. The zero-order valence-corrected chi connectivity index (χ0v) is 44.4. The number of ether oxygens (including phenoxy) is 3. The van der Waals surface area contributed by atoms with E-state index in [1.54, 1.807) is 74.9 Å². The van der Waals surface area contributed by atoms with Crippen molar-refractivity contribution in [3.8, 4) is 16.2 Å². The van der Waals surface area contributed by atoms with Crippen LogP contribution in [-0.4, -0.2) is 134 Å². The van der Waals surface area contributed by atoms with Gasteiger partial charge in [-0.3, -0.25) is 24.4 Å². The molecule has 0 saturated carbocycles. The molecule has 3 heterocycles. The third-order valence-electron chi connectivity index (χ3n) is 12.6. The van der Waals surface area contributed by atoms with Crippen LogP contribution in [0.3, 0.4) is 0 Å². The first kappa shape index (κ1) is 57.5.